The molecule has 3 aromatic rings. The number of aromatic hydroxyl groups is 2. The lowest BCUT2D eigenvalue weighted by Crippen LogP contribution is -2.08. The third kappa shape index (κ3) is 2.98. The number of phenolic OH excluding ortho intramolecular Hbond substituents is 2. The molecule has 6 nitrogen and oxygen atoms in total. The molecule has 0 aliphatic carbocycles. The first kappa shape index (κ1) is 17.0. The summed E-state index contributed by atoms with van der Waals surface area (Å²) in [5.41, 5.74) is 0.0247. The van der Waals surface area contributed by atoms with Crippen molar-refractivity contribution in [3.63, 3.8) is 0 Å². The highest BCUT2D eigenvalue weighted by Crippen LogP contribution is 2.33. The molecule has 25 heavy (non-hydrogen) atoms. The van der Waals surface area contributed by atoms with Crippen LogP contribution in [-0.2, 0) is 9.84 Å². The van der Waals surface area contributed by atoms with E-state index >= 15 is 0 Å². The maximum atomic E-state index is 12.7. The van der Waals surface area contributed by atoms with Crippen molar-refractivity contribution in [1.29, 1.82) is 0 Å². The summed E-state index contributed by atoms with van der Waals surface area (Å²) in [7, 11) is -3.41. The zero-order valence-electron chi connectivity index (χ0n) is 13.4. The Bertz CT molecular complexity index is 1110. The van der Waals surface area contributed by atoms with Crippen LogP contribution in [0.1, 0.15) is 13.3 Å². The zero-order valence-corrected chi connectivity index (χ0v) is 14.2. The average molecular weight is 360 g/mol. The van der Waals surface area contributed by atoms with Crippen molar-refractivity contribution >= 4 is 20.8 Å². The van der Waals surface area contributed by atoms with Crippen molar-refractivity contribution < 1.29 is 23.0 Å². The van der Waals surface area contributed by atoms with E-state index in [1.54, 1.807) is 19.1 Å². The quantitative estimate of drug-likeness (QED) is 0.693. The molecule has 0 atom stereocenters. The van der Waals surface area contributed by atoms with Crippen LogP contribution in [0.3, 0.4) is 0 Å². The van der Waals surface area contributed by atoms with E-state index in [9.17, 15) is 23.4 Å². The highest BCUT2D eigenvalue weighted by Gasteiger charge is 2.17. The number of rotatable bonds is 4. The van der Waals surface area contributed by atoms with Gasteiger partial charge in [-0.2, -0.15) is 0 Å². The summed E-state index contributed by atoms with van der Waals surface area (Å²) in [5, 5.41) is 19.4. The number of fused-ring (bicyclic) bond motifs is 1. The Balaban J connectivity index is 2.20. The topological polar surface area (TPSA) is 105 Å². The van der Waals surface area contributed by atoms with Crippen LogP contribution < -0.4 is 5.43 Å². The van der Waals surface area contributed by atoms with Crippen LogP contribution in [0.5, 0.6) is 11.5 Å². The van der Waals surface area contributed by atoms with Gasteiger partial charge in [-0.1, -0.05) is 19.1 Å². The summed E-state index contributed by atoms with van der Waals surface area (Å²) >= 11 is 0. The van der Waals surface area contributed by atoms with E-state index in [-0.39, 0.29) is 27.2 Å². The Morgan fingerprint density at radius 3 is 2.60 bits per heavy atom. The normalized spacial score (nSPS) is 11.7. The molecule has 7 heteroatoms. The Morgan fingerprint density at radius 2 is 1.88 bits per heavy atom. The first-order valence-electron chi connectivity index (χ1n) is 7.65. The van der Waals surface area contributed by atoms with E-state index in [0.717, 1.165) is 6.26 Å². The highest BCUT2D eigenvalue weighted by atomic mass is 32.2. The number of hydrogen-bond donors (Lipinski definition) is 2. The van der Waals surface area contributed by atoms with Crippen molar-refractivity contribution in [1.82, 2.24) is 0 Å². The smallest absolute Gasteiger partial charge is 0.201 e. The zero-order chi connectivity index (χ0) is 18.2. The molecule has 0 bridgehead atoms. The molecule has 2 aromatic carbocycles. The molecule has 3 rings (SSSR count). The molecular weight excluding hydrogens is 344 g/mol. The van der Waals surface area contributed by atoms with Crippen molar-refractivity contribution in [2.24, 2.45) is 0 Å². The third-order valence-electron chi connectivity index (χ3n) is 3.87. The van der Waals surface area contributed by atoms with Gasteiger partial charge < -0.3 is 14.6 Å². The first-order chi connectivity index (χ1) is 11.8. The predicted octanol–water partition coefficient (Wildman–Crippen LogP) is 3.05. The molecule has 0 aliphatic heterocycles. The predicted molar refractivity (Wildman–Crippen MR) is 93.6 cm³/mol. The van der Waals surface area contributed by atoms with Gasteiger partial charge in [0.25, 0.3) is 0 Å². The minimum absolute atomic E-state index is 0.0237. The van der Waals surface area contributed by atoms with Gasteiger partial charge >= 0.3 is 0 Å². The van der Waals surface area contributed by atoms with E-state index in [0.29, 0.717) is 12.0 Å². The van der Waals surface area contributed by atoms with Gasteiger partial charge in [-0.3, -0.25) is 4.79 Å². The van der Waals surface area contributed by atoms with Crippen LogP contribution in [0.4, 0.5) is 0 Å². The molecule has 2 N–H and O–H groups in total. The average Bonchev–Trinajstić information content (AvgIpc) is 2.59. The maximum Gasteiger partial charge on any atom is 0.201 e. The lowest BCUT2D eigenvalue weighted by Gasteiger charge is -2.07. The second-order valence-corrected chi connectivity index (χ2v) is 7.74. The fraction of sp³-hybridized carbons (Fsp3) is 0.167. The Kier molecular flexibility index (Phi) is 4.26. The Labute approximate surface area is 143 Å². The van der Waals surface area contributed by atoms with Crippen molar-refractivity contribution in [3.05, 3.63) is 52.9 Å². The standard InChI is InChI=1S/C18H16O6S/c1-2-8-25(22,23)12-5-3-4-11(9-12)14-10-24-18-13(16(14)20)6-7-15(19)17(18)21/h3-7,9-10,19,21H,2,8H2,1H3. The maximum absolute atomic E-state index is 12.7. The first-order valence-corrected chi connectivity index (χ1v) is 9.30. The van der Waals surface area contributed by atoms with Gasteiger partial charge in [-0.25, -0.2) is 8.42 Å². The van der Waals surface area contributed by atoms with Crippen LogP contribution in [0.25, 0.3) is 22.1 Å². The monoisotopic (exact) mass is 360 g/mol. The minimum Gasteiger partial charge on any atom is -0.504 e. The molecule has 0 radical (unpaired) electrons. The summed E-state index contributed by atoms with van der Waals surface area (Å²) in [4.78, 5) is 12.8. The fourth-order valence-electron chi connectivity index (χ4n) is 2.62. The van der Waals surface area contributed by atoms with Crippen LogP contribution in [0, 0.1) is 0 Å². The summed E-state index contributed by atoms with van der Waals surface area (Å²) in [6.45, 7) is 1.78. The van der Waals surface area contributed by atoms with Crippen LogP contribution in [0.2, 0.25) is 0 Å². The molecule has 1 heterocycles. The lowest BCUT2D eigenvalue weighted by molar-refractivity contribution is 0.399. The molecule has 0 saturated carbocycles. The van der Waals surface area contributed by atoms with Gasteiger partial charge in [0.05, 0.1) is 21.6 Å². The van der Waals surface area contributed by atoms with Crippen LogP contribution in [0.15, 0.2) is 56.8 Å². The molecule has 1 aromatic heterocycles. The molecule has 0 fully saturated rings. The third-order valence-corrected chi connectivity index (χ3v) is 5.79. The van der Waals surface area contributed by atoms with Gasteiger partial charge in [-0.05, 0) is 36.2 Å². The van der Waals surface area contributed by atoms with Gasteiger partial charge in [0.15, 0.2) is 21.2 Å². The summed E-state index contributed by atoms with van der Waals surface area (Å²) < 4.78 is 29.8. The van der Waals surface area contributed by atoms with E-state index < -0.39 is 26.8 Å². The van der Waals surface area contributed by atoms with E-state index in [1.165, 1.54) is 24.3 Å². The molecule has 0 spiro atoms. The van der Waals surface area contributed by atoms with Crippen molar-refractivity contribution in [2.75, 3.05) is 5.75 Å². The van der Waals surface area contributed by atoms with E-state index in [4.69, 9.17) is 4.42 Å². The molecule has 0 aliphatic rings. The fourth-order valence-corrected chi connectivity index (χ4v) is 3.98. The number of benzene rings is 2. The second-order valence-electron chi connectivity index (χ2n) is 5.64. The molecular formula is C18H16O6S. The highest BCUT2D eigenvalue weighted by molar-refractivity contribution is 7.91. The minimum atomic E-state index is -3.41. The van der Waals surface area contributed by atoms with Crippen molar-refractivity contribution in [2.45, 2.75) is 18.2 Å². The van der Waals surface area contributed by atoms with E-state index in [2.05, 4.69) is 0 Å². The summed E-state index contributed by atoms with van der Waals surface area (Å²) in [6, 6.07) is 8.64. The van der Waals surface area contributed by atoms with Gasteiger partial charge in [0, 0.05) is 0 Å². The van der Waals surface area contributed by atoms with Gasteiger partial charge in [-0.15, -0.1) is 0 Å². The van der Waals surface area contributed by atoms with Crippen LogP contribution >= 0.6 is 0 Å². The molecule has 0 saturated heterocycles. The second kappa shape index (κ2) is 6.25. The van der Waals surface area contributed by atoms with E-state index in [1.807, 2.05) is 0 Å². The van der Waals surface area contributed by atoms with Crippen LogP contribution in [-0.4, -0.2) is 24.4 Å². The largest absolute Gasteiger partial charge is 0.504 e. The van der Waals surface area contributed by atoms with Gasteiger partial charge in [0.2, 0.25) is 11.2 Å². The molecule has 130 valence electrons. The van der Waals surface area contributed by atoms with Crippen molar-refractivity contribution in [3.8, 4) is 22.6 Å². The molecule has 0 unspecified atom stereocenters. The summed E-state index contributed by atoms with van der Waals surface area (Å²) in [5.74, 6) is -0.882. The number of phenols is 2. The Morgan fingerprint density at radius 1 is 1.12 bits per heavy atom. The van der Waals surface area contributed by atoms with Gasteiger partial charge in [0.1, 0.15) is 6.26 Å². The Hall–Kier alpha value is -2.80. The number of sulfone groups is 1. The summed E-state index contributed by atoms with van der Waals surface area (Å²) in [6.07, 6.45) is 1.64. The lowest BCUT2D eigenvalue weighted by atomic mass is 10.1. The number of hydrogen-bond acceptors (Lipinski definition) is 6. The molecule has 0 amide bonds. The SMILES string of the molecule is CCCS(=O)(=O)c1cccc(-c2coc3c(O)c(O)ccc3c2=O)c1.